The normalized spacial score (nSPS) is 17.8. The average Bonchev–Trinajstić information content (AvgIpc) is 2.68. The monoisotopic (exact) mass is 374 g/mol. The van der Waals surface area contributed by atoms with E-state index in [1.54, 1.807) is 0 Å². The smallest absolute Gasteiger partial charge is 0.248 e. The summed E-state index contributed by atoms with van der Waals surface area (Å²) in [5.41, 5.74) is 7.11. The third-order valence-electron chi connectivity index (χ3n) is 6.04. The first kappa shape index (κ1) is 21.9. The fourth-order valence-electron chi connectivity index (χ4n) is 4.37. The summed E-state index contributed by atoms with van der Waals surface area (Å²) in [6.45, 7) is 6.62. The highest BCUT2D eigenvalue weighted by Gasteiger charge is 2.22. The van der Waals surface area contributed by atoms with Gasteiger partial charge in [-0.2, -0.15) is 0 Å². The van der Waals surface area contributed by atoms with Crippen LogP contribution in [0, 0.1) is 5.92 Å². The molecule has 1 saturated carbocycles. The van der Waals surface area contributed by atoms with Gasteiger partial charge in [0.1, 0.15) is 0 Å². The minimum atomic E-state index is -0.376. The molecule has 1 aromatic rings. The van der Waals surface area contributed by atoms with Gasteiger partial charge in [-0.05, 0) is 82.2 Å². The van der Waals surface area contributed by atoms with Crippen LogP contribution in [0.5, 0.6) is 0 Å². The minimum absolute atomic E-state index is 0.120. The Morgan fingerprint density at radius 1 is 1.19 bits per heavy atom. The van der Waals surface area contributed by atoms with Gasteiger partial charge in [-0.3, -0.25) is 4.79 Å². The maximum absolute atomic E-state index is 11.2. The molecule has 2 rings (SSSR count). The van der Waals surface area contributed by atoms with E-state index in [9.17, 15) is 9.90 Å². The third-order valence-corrected chi connectivity index (χ3v) is 6.04. The molecule has 0 spiro atoms. The largest absolute Gasteiger partial charge is 0.393 e. The molecule has 2 atom stereocenters. The van der Waals surface area contributed by atoms with Crippen LogP contribution >= 0.6 is 0 Å². The Hall–Kier alpha value is -1.39. The van der Waals surface area contributed by atoms with Crippen molar-refractivity contribution in [2.45, 2.75) is 83.8 Å². The highest BCUT2D eigenvalue weighted by molar-refractivity contribution is 5.92. The first-order valence-electron chi connectivity index (χ1n) is 10.8. The number of carbonyl (C=O) groups is 1. The summed E-state index contributed by atoms with van der Waals surface area (Å²) in [6.07, 6.45) is 10.3. The van der Waals surface area contributed by atoms with E-state index >= 15 is 0 Å². The van der Waals surface area contributed by atoms with Crippen LogP contribution in [0.1, 0.15) is 81.1 Å². The van der Waals surface area contributed by atoms with Gasteiger partial charge in [0.05, 0.1) is 6.10 Å². The predicted octanol–water partition coefficient (Wildman–Crippen LogP) is 4.15. The van der Waals surface area contributed by atoms with Crippen molar-refractivity contribution < 1.29 is 9.90 Å². The predicted molar refractivity (Wildman–Crippen MR) is 112 cm³/mol. The number of hydrogen-bond donors (Lipinski definition) is 2. The van der Waals surface area contributed by atoms with Gasteiger partial charge in [-0.1, -0.05) is 38.3 Å². The first-order chi connectivity index (χ1) is 13.0. The molecule has 4 nitrogen and oxygen atoms in total. The van der Waals surface area contributed by atoms with Gasteiger partial charge < -0.3 is 15.7 Å². The van der Waals surface area contributed by atoms with Gasteiger partial charge in [0, 0.05) is 11.6 Å². The topological polar surface area (TPSA) is 66.6 Å². The van der Waals surface area contributed by atoms with E-state index in [-0.39, 0.29) is 12.0 Å². The zero-order chi connectivity index (χ0) is 19.6. The van der Waals surface area contributed by atoms with Crippen molar-refractivity contribution in [2.75, 3.05) is 13.1 Å². The molecule has 0 heterocycles. The molecule has 0 bridgehead atoms. The van der Waals surface area contributed by atoms with Crippen LogP contribution in [0.15, 0.2) is 24.3 Å². The maximum atomic E-state index is 11.2. The maximum Gasteiger partial charge on any atom is 0.248 e. The fraction of sp³-hybridized carbons (Fsp3) is 0.696. The fourth-order valence-corrected chi connectivity index (χ4v) is 4.37. The van der Waals surface area contributed by atoms with Crippen molar-refractivity contribution >= 4 is 5.91 Å². The molecule has 0 aliphatic heterocycles. The lowest BCUT2D eigenvalue weighted by molar-refractivity contribution is 0.0704. The molecular formula is C23H38N2O2. The summed E-state index contributed by atoms with van der Waals surface area (Å²) < 4.78 is 0. The van der Waals surface area contributed by atoms with Crippen molar-refractivity contribution in [3.63, 3.8) is 0 Å². The van der Waals surface area contributed by atoms with Crippen molar-refractivity contribution in [1.29, 1.82) is 0 Å². The van der Waals surface area contributed by atoms with E-state index in [1.165, 1.54) is 37.7 Å². The number of aliphatic hydroxyl groups excluding tert-OH is 1. The van der Waals surface area contributed by atoms with Crippen LogP contribution in [-0.4, -0.2) is 41.1 Å². The number of hydrogen-bond acceptors (Lipinski definition) is 3. The second kappa shape index (κ2) is 11.5. The number of benzene rings is 1. The molecule has 1 amide bonds. The average molecular weight is 375 g/mol. The standard InChI is InChI=1S/C23H38N2O2/c1-3-15-25(16-7-10-22(26)20-8-5-4-6-9-20)18(2)17-19-11-13-21(14-12-19)23(24)27/h11-14,18,20,22,26H,3-10,15-17H2,1-2H3,(H2,24,27). The number of nitrogens with zero attached hydrogens (tertiary/aromatic N) is 1. The number of carbonyl (C=O) groups excluding carboxylic acids is 1. The van der Waals surface area contributed by atoms with E-state index in [2.05, 4.69) is 18.7 Å². The van der Waals surface area contributed by atoms with E-state index in [4.69, 9.17) is 5.73 Å². The Labute approximate surface area is 165 Å². The van der Waals surface area contributed by atoms with Crippen molar-refractivity contribution in [3.8, 4) is 0 Å². The van der Waals surface area contributed by atoms with Gasteiger partial charge in [0.25, 0.3) is 0 Å². The number of aliphatic hydroxyl groups is 1. The zero-order valence-electron chi connectivity index (χ0n) is 17.2. The Bertz CT molecular complexity index is 552. The number of primary amides is 1. The van der Waals surface area contributed by atoms with E-state index in [0.29, 0.717) is 17.5 Å². The summed E-state index contributed by atoms with van der Waals surface area (Å²) >= 11 is 0. The molecular weight excluding hydrogens is 336 g/mol. The van der Waals surface area contributed by atoms with E-state index in [0.717, 1.165) is 38.8 Å². The van der Waals surface area contributed by atoms with Crippen LogP contribution in [0.4, 0.5) is 0 Å². The lowest BCUT2D eigenvalue weighted by atomic mass is 9.84. The number of rotatable bonds is 11. The third kappa shape index (κ3) is 7.27. The van der Waals surface area contributed by atoms with Crippen molar-refractivity contribution in [1.82, 2.24) is 4.90 Å². The van der Waals surface area contributed by atoms with Crippen LogP contribution in [0.25, 0.3) is 0 Å². The Balaban J connectivity index is 1.80. The molecule has 4 heteroatoms. The number of nitrogens with two attached hydrogens (primary N) is 1. The van der Waals surface area contributed by atoms with Crippen molar-refractivity contribution in [2.24, 2.45) is 11.7 Å². The van der Waals surface area contributed by atoms with E-state index in [1.807, 2.05) is 24.3 Å². The Morgan fingerprint density at radius 2 is 1.85 bits per heavy atom. The zero-order valence-corrected chi connectivity index (χ0v) is 17.2. The quantitative estimate of drug-likeness (QED) is 0.611. The molecule has 2 unspecified atom stereocenters. The summed E-state index contributed by atoms with van der Waals surface area (Å²) in [5.74, 6) is 0.151. The lowest BCUT2D eigenvalue weighted by Gasteiger charge is -2.31. The van der Waals surface area contributed by atoms with Gasteiger partial charge in [-0.25, -0.2) is 0 Å². The summed E-state index contributed by atoms with van der Waals surface area (Å²) in [4.78, 5) is 13.7. The first-order valence-corrected chi connectivity index (χ1v) is 10.8. The summed E-state index contributed by atoms with van der Waals surface area (Å²) in [7, 11) is 0. The lowest BCUT2D eigenvalue weighted by Crippen LogP contribution is -2.36. The SMILES string of the molecule is CCCN(CCCC(O)C1CCCCC1)C(C)Cc1ccc(C(N)=O)cc1. The molecule has 0 radical (unpaired) electrons. The molecule has 152 valence electrons. The van der Waals surface area contributed by atoms with Gasteiger partial charge in [0.15, 0.2) is 0 Å². The number of amides is 1. The molecule has 1 aliphatic rings. The highest BCUT2D eigenvalue weighted by atomic mass is 16.3. The van der Waals surface area contributed by atoms with Crippen LogP contribution in [0.3, 0.4) is 0 Å². The van der Waals surface area contributed by atoms with E-state index < -0.39 is 0 Å². The Morgan fingerprint density at radius 3 is 2.44 bits per heavy atom. The van der Waals surface area contributed by atoms with Crippen LogP contribution in [-0.2, 0) is 6.42 Å². The van der Waals surface area contributed by atoms with Crippen molar-refractivity contribution in [3.05, 3.63) is 35.4 Å². The highest BCUT2D eigenvalue weighted by Crippen LogP contribution is 2.28. The molecule has 0 aromatic heterocycles. The van der Waals surface area contributed by atoms with Gasteiger partial charge >= 0.3 is 0 Å². The van der Waals surface area contributed by atoms with Gasteiger partial charge in [-0.15, -0.1) is 0 Å². The van der Waals surface area contributed by atoms with Crippen LogP contribution in [0.2, 0.25) is 0 Å². The molecule has 1 fully saturated rings. The molecule has 0 saturated heterocycles. The van der Waals surface area contributed by atoms with Crippen LogP contribution < -0.4 is 5.73 Å². The molecule has 3 N–H and O–H groups in total. The second-order valence-corrected chi connectivity index (χ2v) is 8.26. The summed E-state index contributed by atoms with van der Waals surface area (Å²) in [5, 5.41) is 10.5. The van der Waals surface area contributed by atoms with Gasteiger partial charge in [0.2, 0.25) is 5.91 Å². The Kier molecular flexibility index (Phi) is 9.29. The molecule has 1 aromatic carbocycles. The summed E-state index contributed by atoms with van der Waals surface area (Å²) in [6, 6.07) is 8.09. The molecule has 1 aliphatic carbocycles. The second-order valence-electron chi connectivity index (χ2n) is 8.26. The molecule has 27 heavy (non-hydrogen) atoms. The minimum Gasteiger partial charge on any atom is -0.393 e.